The van der Waals surface area contributed by atoms with Gasteiger partial charge < -0.3 is 14.0 Å². The lowest BCUT2D eigenvalue weighted by molar-refractivity contribution is 0.0724. The van der Waals surface area contributed by atoms with Crippen molar-refractivity contribution in [3.8, 4) is 5.88 Å². The second-order valence-electron chi connectivity index (χ2n) is 3.67. The first-order valence-corrected chi connectivity index (χ1v) is 6.88. The Morgan fingerprint density at radius 1 is 1.50 bits per heavy atom. The molecule has 0 saturated carbocycles. The maximum atomic E-state index is 11.9. The van der Waals surface area contributed by atoms with Crippen LogP contribution in [0.3, 0.4) is 0 Å². The summed E-state index contributed by atoms with van der Waals surface area (Å²) in [6.07, 6.45) is 0. The zero-order valence-electron chi connectivity index (χ0n) is 9.96. The molecule has 0 aliphatic carbocycles. The van der Waals surface area contributed by atoms with Gasteiger partial charge in [0.2, 0.25) is 0 Å². The molecule has 18 heavy (non-hydrogen) atoms. The van der Waals surface area contributed by atoms with Gasteiger partial charge in [-0.2, -0.15) is 17.4 Å². The lowest BCUT2D eigenvalue weighted by atomic mass is 10.5. The van der Waals surface area contributed by atoms with Crippen molar-refractivity contribution in [3.63, 3.8) is 0 Å². The van der Waals surface area contributed by atoms with E-state index < -0.39 is 10.2 Å². The summed E-state index contributed by atoms with van der Waals surface area (Å²) < 4.78 is 42.4. The van der Waals surface area contributed by atoms with Gasteiger partial charge in [0.05, 0.1) is 26.9 Å². The fourth-order valence-corrected chi connectivity index (χ4v) is 2.65. The Morgan fingerprint density at radius 3 is 2.83 bits per heavy atom. The van der Waals surface area contributed by atoms with Crippen LogP contribution in [0.1, 0.15) is 5.76 Å². The van der Waals surface area contributed by atoms with E-state index in [-0.39, 0.29) is 6.54 Å². The zero-order valence-corrected chi connectivity index (χ0v) is 10.8. The molecular weight excluding hydrogens is 262 g/mol. The Bertz CT molecular complexity index is 480. The summed E-state index contributed by atoms with van der Waals surface area (Å²) in [5.74, 6) is 0.708. The highest BCUT2D eigenvalue weighted by molar-refractivity contribution is 7.87. The van der Waals surface area contributed by atoms with Crippen LogP contribution in [0.25, 0.3) is 0 Å². The van der Waals surface area contributed by atoms with E-state index in [4.69, 9.17) is 14.0 Å². The predicted molar refractivity (Wildman–Crippen MR) is 61.2 cm³/mol. The fraction of sp³-hybridized carbons (Fsp3) is 0.667. The van der Waals surface area contributed by atoms with Crippen molar-refractivity contribution in [3.05, 3.63) is 11.8 Å². The molecule has 9 heteroatoms. The van der Waals surface area contributed by atoms with Crippen molar-refractivity contribution in [2.75, 3.05) is 33.4 Å². The Morgan fingerprint density at radius 2 is 2.22 bits per heavy atom. The number of rotatable bonds is 5. The Hall–Kier alpha value is -1.16. The quantitative estimate of drug-likeness (QED) is 0.768. The van der Waals surface area contributed by atoms with Gasteiger partial charge in [0.25, 0.3) is 16.1 Å². The molecule has 1 aromatic heterocycles. The van der Waals surface area contributed by atoms with E-state index in [0.29, 0.717) is 37.9 Å². The van der Waals surface area contributed by atoms with Gasteiger partial charge in [-0.25, -0.2) is 0 Å². The van der Waals surface area contributed by atoms with Gasteiger partial charge in [0.15, 0.2) is 5.76 Å². The largest absolute Gasteiger partial charge is 0.479 e. The van der Waals surface area contributed by atoms with Crippen LogP contribution in [0.4, 0.5) is 0 Å². The van der Waals surface area contributed by atoms with Crippen LogP contribution in [0.5, 0.6) is 5.88 Å². The van der Waals surface area contributed by atoms with Crippen molar-refractivity contribution < 1.29 is 22.4 Å². The third kappa shape index (κ3) is 3.19. The zero-order chi connectivity index (χ0) is 13.0. The molecular formula is C9H15N3O5S. The lowest BCUT2D eigenvalue weighted by Gasteiger charge is -2.25. The van der Waals surface area contributed by atoms with Crippen molar-refractivity contribution in [2.45, 2.75) is 6.54 Å². The van der Waals surface area contributed by atoms with Crippen LogP contribution in [0, 0.1) is 0 Å². The fourth-order valence-electron chi connectivity index (χ4n) is 1.51. The molecule has 1 N–H and O–H groups in total. The minimum Gasteiger partial charge on any atom is -0.479 e. The summed E-state index contributed by atoms with van der Waals surface area (Å²) in [5, 5.41) is 3.58. The molecule has 0 amide bonds. The number of hydrogen-bond acceptors (Lipinski definition) is 6. The third-order valence-electron chi connectivity index (χ3n) is 2.49. The van der Waals surface area contributed by atoms with Crippen molar-refractivity contribution in [2.24, 2.45) is 0 Å². The molecule has 1 aliphatic rings. The first kappa shape index (κ1) is 13.3. The smallest absolute Gasteiger partial charge is 0.280 e. The predicted octanol–water partition coefficient (Wildman–Crippen LogP) is -0.650. The van der Waals surface area contributed by atoms with Crippen molar-refractivity contribution in [1.29, 1.82) is 0 Å². The van der Waals surface area contributed by atoms with Crippen LogP contribution in [0.2, 0.25) is 0 Å². The number of morpholine rings is 1. The number of ether oxygens (including phenoxy) is 2. The maximum absolute atomic E-state index is 11.9. The van der Waals surface area contributed by atoms with Gasteiger partial charge in [0.1, 0.15) is 0 Å². The van der Waals surface area contributed by atoms with E-state index in [0.717, 1.165) is 0 Å². The minimum atomic E-state index is -3.50. The summed E-state index contributed by atoms with van der Waals surface area (Å²) >= 11 is 0. The summed E-state index contributed by atoms with van der Waals surface area (Å²) in [5.41, 5.74) is 0. The highest BCUT2D eigenvalue weighted by Crippen LogP contribution is 2.11. The number of aromatic nitrogens is 1. The van der Waals surface area contributed by atoms with E-state index in [9.17, 15) is 8.42 Å². The van der Waals surface area contributed by atoms with Gasteiger partial charge in [-0.05, 0) is 5.16 Å². The third-order valence-corrected chi connectivity index (χ3v) is 4.04. The molecule has 1 aliphatic heterocycles. The normalized spacial score (nSPS) is 17.8. The summed E-state index contributed by atoms with van der Waals surface area (Å²) in [7, 11) is -2.05. The maximum Gasteiger partial charge on any atom is 0.280 e. The molecule has 1 fully saturated rings. The summed E-state index contributed by atoms with van der Waals surface area (Å²) in [4.78, 5) is 0. The number of nitrogens with one attached hydrogen (secondary N) is 1. The SMILES string of the molecule is COc1cc(CNS(=O)(=O)N2CCOCC2)on1. The van der Waals surface area contributed by atoms with Gasteiger partial charge in [-0.3, -0.25) is 0 Å². The van der Waals surface area contributed by atoms with Crippen LogP contribution < -0.4 is 9.46 Å². The standard InChI is InChI=1S/C9H15N3O5S/c1-15-9-6-8(17-11-9)7-10-18(13,14)12-2-4-16-5-3-12/h6,10H,2-5,7H2,1H3. The Labute approximate surface area is 105 Å². The molecule has 102 valence electrons. The average Bonchev–Trinajstić information content (AvgIpc) is 2.86. The van der Waals surface area contributed by atoms with Gasteiger partial charge in [-0.15, -0.1) is 0 Å². The van der Waals surface area contributed by atoms with E-state index in [1.807, 2.05) is 0 Å². The first-order valence-electron chi connectivity index (χ1n) is 5.44. The van der Waals surface area contributed by atoms with Crippen LogP contribution in [-0.2, 0) is 21.5 Å². The van der Waals surface area contributed by atoms with E-state index in [1.54, 1.807) is 0 Å². The number of methoxy groups -OCH3 is 1. The van der Waals surface area contributed by atoms with Crippen molar-refractivity contribution in [1.82, 2.24) is 14.2 Å². The molecule has 2 rings (SSSR count). The summed E-state index contributed by atoms with van der Waals surface area (Å²) in [6.45, 7) is 1.58. The molecule has 0 bridgehead atoms. The molecule has 8 nitrogen and oxygen atoms in total. The molecule has 2 heterocycles. The molecule has 1 saturated heterocycles. The Kier molecular flexibility index (Phi) is 4.17. The van der Waals surface area contributed by atoms with Crippen LogP contribution >= 0.6 is 0 Å². The molecule has 0 spiro atoms. The van der Waals surface area contributed by atoms with Gasteiger partial charge in [0, 0.05) is 19.2 Å². The van der Waals surface area contributed by atoms with E-state index >= 15 is 0 Å². The number of nitrogens with zero attached hydrogens (tertiary/aromatic N) is 2. The summed E-state index contributed by atoms with van der Waals surface area (Å²) in [6, 6.07) is 1.53. The first-order chi connectivity index (χ1) is 8.62. The molecule has 0 aromatic carbocycles. The molecule has 0 atom stereocenters. The van der Waals surface area contributed by atoms with E-state index in [1.165, 1.54) is 17.5 Å². The van der Waals surface area contributed by atoms with Crippen LogP contribution in [0.15, 0.2) is 10.6 Å². The highest BCUT2D eigenvalue weighted by atomic mass is 32.2. The number of hydrogen-bond donors (Lipinski definition) is 1. The molecule has 1 aromatic rings. The second-order valence-corrected chi connectivity index (χ2v) is 5.43. The topological polar surface area (TPSA) is 93.9 Å². The molecule has 0 radical (unpaired) electrons. The van der Waals surface area contributed by atoms with E-state index in [2.05, 4.69) is 9.88 Å². The Balaban J connectivity index is 1.91. The monoisotopic (exact) mass is 277 g/mol. The molecule has 0 unspecified atom stereocenters. The minimum absolute atomic E-state index is 0.0377. The van der Waals surface area contributed by atoms with Gasteiger partial charge in [-0.1, -0.05) is 0 Å². The average molecular weight is 277 g/mol. The van der Waals surface area contributed by atoms with Crippen LogP contribution in [-0.4, -0.2) is 51.3 Å². The van der Waals surface area contributed by atoms with Gasteiger partial charge >= 0.3 is 0 Å². The second kappa shape index (κ2) is 5.65. The highest BCUT2D eigenvalue weighted by Gasteiger charge is 2.24. The lowest BCUT2D eigenvalue weighted by Crippen LogP contribution is -2.46. The van der Waals surface area contributed by atoms with Crippen molar-refractivity contribution >= 4 is 10.2 Å².